The Bertz CT molecular complexity index is 2890. The zero-order valence-corrected chi connectivity index (χ0v) is 30.1. The first-order valence-corrected chi connectivity index (χ1v) is 17.2. The van der Waals surface area contributed by atoms with Crippen LogP contribution in [0.4, 0.5) is 13.2 Å². The number of nitrogens with zero attached hydrogens (tertiary/aromatic N) is 7. The molecular weight excluding hydrogens is 781 g/mol. The summed E-state index contributed by atoms with van der Waals surface area (Å²) in [6.45, 7) is 0. The van der Waals surface area contributed by atoms with Crippen LogP contribution in [0.15, 0.2) is 60.8 Å². The minimum absolute atomic E-state index is 0.160. The lowest BCUT2D eigenvalue weighted by molar-refractivity contribution is -0.274. The Hall–Kier alpha value is -8.33. The van der Waals surface area contributed by atoms with Crippen molar-refractivity contribution < 1.29 is 51.9 Å². The van der Waals surface area contributed by atoms with E-state index < -0.39 is 35.6 Å². The lowest BCUT2D eigenvalue weighted by Gasteiger charge is -2.12. The number of alkyl halides is 3. The number of hydrogen-bond acceptors (Lipinski definition) is 12. The highest BCUT2D eigenvalue weighted by Gasteiger charge is 2.32. The summed E-state index contributed by atoms with van der Waals surface area (Å²) >= 11 is 0. The summed E-state index contributed by atoms with van der Waals surface area (Å²) in [7, 11) is 1.49. The minimum atomic E-state index is -5.08. The smallest absolute Gasteiger partial charge is 0.495 e. The summed E-state index contributed by atoms with van der Waals surface area (Å²) in [5.74, 6) is 8.72. The maximum atomic E-state index is 13.4. The Morgan fingerprint density at radius 2 is 1.53 bits per heavy atom. The van der Waals surface area contributed by atoms with Gasteiger partial charge in [-0.3, -0.25) is 0 Å². The summed E-state index contributed by atoms with van der Waals surface area (Å²) in [5, 5.41) is 37.0. The fourth-order valence-electron chi connectivity index (χ4n) is 5.80. The number of fused-ring (bicyclic) bond motifs is 1. The number of hydrogen-bond donors (Lipinski definition) is 5. The van der Waals surface area contributed by atoms with E-state index in [1.54, 1.807) is 24.3 Å². The van der Waals surface area contributed by atoms with Crippen LogP contribution >= 0.6 is 0 Å². The van der Waals surface area contributed by atoms with Gasteiger partial charge in [-0.2, -0.15) is 0 Å². The van der Waals surface area contributed by atoms with E-state index in [1.165, 1.54) is 19.2 Å². The van der Waals surface area contributed by atoms with Gasteiger partial charge in [0.1, 0.15) is 23.0 Å². The second-order valence-corrected chi connectivity index (χ2v) is 12.6. The number of H-pyrrole nitrogens is 3. The number of halogens is 3. The number of rotatable bonds is 11. The maximum Gasteiger partial charge on any atom is 0.573 e. The largest absolute Gasteiger partial charge is 0.573 e. The third-order valence-electron chi connectivity index (χ3n) is 8.55. The molecule has 0 radical (unpaired) electrons. The summed E-state index contributed by atoms with van der Waals surface area (Å²) < 4.78 is 62.8. The van der Waals surface area contributed by atoms with Crippen molar-refractivity contribution in [3.8, 4) is 58.4 Å². The number of carbonyl (C=O) groups is 2. The van der Waals surface area contributed by atoms with Crippen LogP contribution in [0.5, 0.6) is 34.8 Å². The molecule has 4 aromatic heterocycles. The zero-order chi connectivity index (χ0) is 41.3. The number of aromatic nitrogens is 10. The third-order valence-corrected chi connectivity index (χ3v) is 8.55. The average Bonchev–Trinajstić information content (AvgIpc) is 3.52. The van der Waals surface area contributed by atoms with Gasteiger partial charge in [0, 0.05) is 30.8 Å². The number of aromatic carboxylic acids is 2. The highest BCUT2D eigenvalue weighted by molar-refractivity contribution is 5.88. The molecule has 1 aliphatic carbocycles. The molecule has 3 aromatic carbocycles. The monoisotopic (exact) mass is 806 g/mol. The number of aromatic amines is 3. The lowest BCUT2D eigenvalue weighted by Crippen LogP contribution is -2.17. The Kier molecular flexibility index (Phi) is 9.75. The highest BCUT2D eigenvalue weighted by atomic mass is 19.4. The van der Waals surface area contributed by atoms with Gasteiger partial charge >= 0.3 is 18.3 Å². The van der Waals surface area contributed by atoms with Crippen LogP contribution < -0.4 is 18.9 Å². The molecule has 0 unspecified atom stereocenters. The van der Waals surface area contributed by atoms with E-state index in [4.69, 9.17) is 19.2 Å². The Balaban J connectivity index is 1.04. The number of ether oxygens (including phenoxy) is 4. The molecule has 0 bridgehead atoms. The van der Waals surface area contributed by atoms with Crippen molar-refractivity contribution in [1.82, 2.24) is 50.3 Å². The normalized spacial score (nSPS) is 12.3. The van der Waals surface area contributed by atoms with E-state index in [-0.39, 0.29) is 40.5 Å². The SMILES string of the molecule is COc1ccc(Oc2nn[nH]c2C(=O)O)cc1C#Cc1nc(Cc2cccc3[nH]c(C#Cc4ccc(Oc5nn[nH]c5C(=O)O)cc4OC(F)(F)F)nc23)cn1C1CC1. The van der Waals surface area contributed by atoms with Gasteiger partial charge in [-0.15, -0.1) is 13.2 Å². The topological polar surface area (TPSA) is 241 Å². The number of carboxylic acids is 2. The molecule has 296 valence electrons. The third kappa shape index (κ3) is 8.44. The van der Waals surface area contributed by atoms with Crippen LogP contribution in [0.2, 0.25) is 0 Å². The second kappa shape index (κ2) is 15.3. The second-order valence-electron chi connectivity index (χ2n) is 12.6. The van der Waals surface area contributed by atoms with Crippen LogP contribution in [0.3, 0.4) is 0 Å². The fraction of sp³-hybridized carbons (Fsp3) is 0.158. The zero-order valence-electron chi connectivity index (χ0n) is 30.1. The molecule has 7 aromatic rings. The van der Waals surface area contributed by atoms with Gasteiger partial charge in [0.2, 0.25) is 11.4 Å². The van der Waals surface area contributed by atoms with E-state index in [1.807, 2.05) is 22.9 Å². The van der Waals surface area contributed by atoms with Gasteiger partial charge in [-0.05, 0) is 60.6 Å². The van der Waals surface area contributed by atoms with Gasteiger partial charge in [0.15, 0.2) is 11.6 Å². The summed E-state index contributed by atoms with van der Waals surface area (Å²) in [5.41, 5.74) is 2.18. The molecule has 1 fully saturated rings. The van der Waals surface area contributed by atoms with Crippen LogP contribution in [0.25, 0.3) is 11.0 Å². The van der Waals surface area contributed by atoms with Crippen LogP contribution in [0.1, 0.15) is 73.9 Å². The van der Waals surface area contributed by atoms with Gasteiger partial charge < -0.3 is 38.7 Å². The average molecular weight is 807 g/mol. The van der Waals surface area contributed by atoms with Crippen molar-refractivity contribution in [3.63, 3.8) is 0 Å². The van der Waals surface area contributed by atoms with Crippen molar-refractivity contribution in [1.29, 1.82) is 0 Å². The molecule has 1 saturated carbocycles. The molecule has 0 amide bonds. The molecular formula is C38H25F3N10O8. The molecule has 18 nitrogen and oxygen atoms in total. The number of nitrogens with one attached hydrogen (secondary N) is 3. The van der Waals surface area contributed by atoms with Crippen molar-refractivity contribution in [2.24, 2.45) is 0 Å². The molecule has 0 atom stereocenters. The van der Waals surface area contributed by atoms with Gasteiger partial charge in [0.25, 0.3) is 11.8 Å². The molecule has 5 N–H and O–H groups in total. The van der Waals surface area contributed by atoms with Gasteiger partial charge in [-0.1, -0.05) is 44.6 Å². The number of methoxy groups -OCH3 is 1. The lowest BCUT2D eigenvalue weighted by atomic mass is 10.1. The molecule has 21 heteroatoms. The molecule has 4 heterocycles. The molecule has 1 aliphatic rings. The van der Waals surface area contributed by atoms with Crippen molar-refractivity contribution in [2.45, 2.75) is 31.7 Å². The van der Waals surface area contributed by atoms with Crippen LogP contribution in [0, 0.1) is 23.7 Å². The molecule has 0 saturated heterocycles. The summed E-state index contributed by atoms with van der Waals surface area (Å²) in [4.78, 5) is 35.3. The standard InChI is InChI=1S/C38H25F3N10O8/c1-56-27-12-11-24(57-34-32(36(52)53)45-49-47-34)16-20(27)7-14-30-42-22(18-51(30)23-8-9-23)15-21-3-2-4-26-31(21)44-29(43-26)13-6-19-5-10-25(17-28(19)59-38(39,40)41)58-35-33(37(54)55)46-50-48-35/h2-5,10-12,16-18,23H,8-9,15H2,1H3,(H,43,44)(H,52,53)(H,54,55)(H,45,47,49)(H,46,48,50). The molecule has 0 spiro atoms. The summed E-state index contributed by atoms with van der Waals surface area (Å²) in [6, 6.07) is 13.9. The first-order valence-electron chi connectivity index (χ1n) is 17.2. The first kappa shape index (κ1) is 37.6. The van der Waals surface area contributed by atoms with E-state index in [9.17, 15) is 33.0 Å². The quantitative estimate of drug-likeness (QED) is 0.0999. The van der Waals surface area contributed by atoms with Crippen molar-refractivity contribution in [2.75, 3.05) is 7.11 Å². The number of imidazole rings is 2. The number of carboxylic acid groups (broad SMARTS) is 2. The molecule has 59 heavy (non-hydrogen) atoms. The predicted octanol–water partition coefficient (Wildman–Crippen LogP) is 5.61. The minimum Gasteiger partial charge on any atom is -0.495 e. The number of benzene rings is 3. The highest BCUT2D eigenvalue weighted by Crippen LogP contribution is 2.37. The first-order chi connectivity index (χ1) is 28.4. The van der Waals surface area contributed by atoms with Gasteiger partial charge in [0.05, 0.1) is 35.0 Å². The van der Waals surface area contributed by atoms with Crippen LogP contribution in [-0.4, -0.2) is 86.0 Å². The van der Waals surface area contributed by atoms with E-state index in [0.717, 1.165) is 24.5 Å². The van der Waals surface area contributed by atoms with Crippen molar-refractivity contribution >= 4 is 23.0 Å². The maximum absolute atomic E-state index is 13.4. The summed E-state index contributed by atoms with van der Waals surface area (Å²) in [6.07, 6.45) is -0.876. The van der Waals surface area contributed by atoms with Gasteiger partial charge in [-0.25, -0.2) is 29.8 Å². The van der Waals surface area contributed by atoms with Crippen LogP contribution in [-0.2, 0) is 6.42 Å². The fourth-order valence-corrected chi connectivity index (χ4v) is 5.80. The van der Waals surface area contributed by atoms with E-state index in [2.05, 4.69) is 69.2 Å². The van der Waals surface area contributed by atoms with Crippen molar-refractivity contribution in [3.05, 3.63) is 106 Å². The van der Waals surface area contributed by atoms with E-state index in [0.29, 0.717) is 40.3 Å². The Morgan fingerprint density at radius 3 is 2.19 bits per heavy atom. The Labute approximate surface area is 328 Å². The molecule has 0 aliphatic heterocycles. The molecule has 8 rings (SSSR count). The Morgan fingerprint density at radius 1 is 0.847 bits per heavy atom. The van der Waals surface area contributed by atoms with E-state index >= 15 is 0 Å². The number of para-hydroxylation sites is 1. The predicted molar refractivity (Wildman–Crippen MR) is 194 cm³/mol.